The maximum atomic E-state index is 12.2. The fraction of sp³-hybridized carbons (Fsp3) is 0.833. The number of hydrogen-bond donors (Lipinski definition) is 2. The molecule has 5 heteroatoms. The minimum atomic E-state index is -0.827. The van der Waals surface area contributed by atoms with E-state index in [4.69, 9.17) is 10.8 Å². The molecule has 0 radical (unpaired) electrons. The number of carbonyl (C=O) groups is 2. The van der Waals surface area contributed by atoms with Crippen LogP contribution in [0.3, 0.4) is 0 Å². The Morgan fingerprint density at radius 2 is 2.00 bits per heavy atom. The number of carboxylic acid groups (broad SMARTS) is 1. The Bertz CT molecular complexity index is 298. The summed E-state index contributed by atoms with van der Waals surface area (Å²) in [6.45, 7) is 4.34. The fourth-order valence-corrected chi connectivity index (χ4v) is 2.05. The Hall–Kier alpha value is -1.10. The second kappa shape index (κ2) is 5.49. The summed E-state index contributed by atoms with van der Waals surface area (Å²) < 4.78 is 0. The quantitative estimate of drug-likeness (QED) is 0.727. The second-order valence-electron chi connectivity index (χ2n) is 5.10. The third kappa shape index (κ3) is 3.43. The van der Waals surface area contributed by atoms with Crippen LogP contribution < -0.4 is 5.73 Å². The molecule has 5 nitrogen and oxygen atoms in total. The molecule has 0 aliphatic heterocycles. The van der Waals surface area contributed by atoms with Crippen molar-refractivity contribution in [2.75, 3.05) is 6.54 Å². The normalized spacial score (nSPS) is 17.6. The molecule has 0 aromatic heterocycles. The highest BCUT2D eigenvalue weighted by Gasteiger charge is 2.43. The summed E-state index contributed by atoms with van der Waals surface area (Å²) in [6.07, 6.45) is 3.06. The summed E-state index contributed by atoms with van der Waals surface area (Å²) in [5.74, 6) is -0.851. The topological polar surface area (TPSA) is 83.6 Å². The third-order valence-corrected chi connectivity index (χ3v) is 3.35. The first-order valence-electron chi connectivity index (χ1n) is 6.18. The van der Waals surface area contributed by atoms with Gasteiger partial charge in [-0.1, -0.05) is 0 Å². The van der Waals surface area contributed by atoms with Gasteiger partial charge < -0.3 is 15.7 Å². The number of nitrogens with zero attached hydrogens (tertiary/aromatic N) is 1. The zero-order valence-corrected chi connectivity index (χ0v) is 10.6. The largest absolute Gasteiger partial charge is 0.481 e. The van der Waals surface area contributed by atoms with Crippen LogP contribution in [0, 0.1) is 0 Å². The smallest absolute Gasteiger partial charge is 0.303 e. The lowest BCUT2D eigenvalue weighted by molar-refractivity contribution is -0.143. The predicted molar refractivity (Wildman–Crippen MR) is 64.5 cm³/mol. The monoisotopic (exact) mass is 242 g/mol. The van der Waals surface area contributed by atoms with Gasteiger partial charge in [0.2, 0.25) is 5.91 Å². The van der Waals surface area contributed by atoms with Gasteiger partial charge in [0.1, 0.15) is 0 Å². The SMILES string of the molecule is CC(C)N(CCCC(=O)O)C(=O)C1(N)CCC1. The summed E-state index contributed by atoms with van der Waals surface area (Å²) in [5, 5.41) is 8.59. The molecule has 1 aliphatic carbocycles. The van der Waals surface area contributed by atoms with Crippen molar-refractivity contribution in [1.82, 2.24) is 4.90 Å². The van der Waals surface area contributed by atoms with Crippen molar-refractivity contribution in [2.45, 2.75) is 57.5 Å². The van der Waals surface area contributed by atoms with E-state index in [2.05, 4.69) is 0 Å². The van der Waals surface area contributed by atoms with Crippen LogP contribution in [0.2, 0.25) is 0 Å². The molecule has 1 saturated carbocycles. The summed E-state index contributed by atoms with van der Waals surface area (Å²) in [5.41, 5.74) is 5.32. The minimum absolute atomic E-state index is 0.0239. The van der Waals surface area contributed by atoms with Crippen LogP contribution in [0.4, 0.5) is 0 Å². The van der Waals surface area contributed by atoms with E-state index < -0.39 is 11.5 Å². The molecule has 0 aromatic rings. The van der Waals surface area contributed by atoms with E-state index in [-0.39, 0.29) is 18.4 Å². The lowest BCUT2D eigenvalue weighted by Crippen LogP contribution is -2.60. The van der Waals surface area contributed by atoms with Gasteiger partial charge in [-0.2, -0.15) is 0 Å². The van der Waals surface area contributed by atoms with E-state index >= 15 is 0 Å². The zero-order valence-electron chi connectivity index (χ0n) is 10.6. The number of carbonyl (C=O) groups excluding carboxylic acids is 1. The van der Waals surface area contributed by atoms with Crippen molar-refractivity contribution in [3.8, 4) is 0 Å². The summed E-state index contributed by atoms with van der Waals surface area (Å²) in [7, 11) is 0. The van der Waals surface area contributed by atoms with E-state index in [1.807, 2.05) is 13.8 Å². The minimum Gasteiger partial charge on any atom is -0.481 e. The van der Waals surface area contributed by atoms with Gasteiger partial charge in [-0.3, -0.25) is 9.59 Å². The Morgan fingerprint density at radius 3 is 2.35 bits per heavy atom. The second-order valence-corrected chi connectivity index (χ2v) is 5.10. The number of amides is 1. The molecule has 1 fully saturated rings. The van der Waals surface area contributed by atoms with Gasteiger partial charge in [-0.15, -0.1) is 0 Å². The number of nitrogens with two attached hydrogens (primary N) is 1. The van der Waals surface area contributed by atoms with Crippen molar-refractivity contribution in [3.05, 3.63) is 0 Å². The molecule has 0 heterocycles. The van der Waals surface area contributed by atoms with Crippen LogP contribution in [-0.2, 0) is 9.59 Å². The summed E-state index contributed by atoms with van der Waals surface area (Å²) in [6, 6.07) is 0.0670. The van der Waals surface area contributed by atoms with E-state index in [0.717, 1.165) is 19.3 Å². The van der Waals surface area contributed by atoms with Gasteiger partial charge in [0, 0.05) is 19.0 Å². The zero-order chi connectivity index (χ0) is 13.1. The van der Waals surface area contributed by atoms with Gasteiger partial charge in [0.05, 0.1) is 5.54 Å². The molecule has 3 N–H and O–H groups in total. The summed E-state index contributed by atoms with van der Waals surface area (Å²) in [4.78, 5) is 24.4. The molecule has 1 aliphatic rings. The number of aliphatic carboxylic acids is 1. The standard InChI is InChI=1S/C12H22N2O3/c1-9(2)14(8-3-5-10(15)16)11(17)12(13)6-4-7-12/h9H,3-8,13H2,1-2H3,(H,15,16). The molecule has 0 spiro atoms. The summed E-state index contributed by atoms with van der Waals surface area (Å²) >= 11 is 0. The predicted octanol–water partition coefficient (Wildman–Crippen LogP) is 0.970. The van der Waals surface area contributed by atoms with Crippen LogP contribution in [0.25, 0.3) is 0 Å². The first-order chi connectivity index (χ1) is 7.87. The first kappa shape index (κ1) is 14.0. The van der Waals surface area contributed by atoms with Gasteiger partial charge in [-0.25, -0.2) is 0 Å². The van der Waals surface area contributed by atoms with E-state index in [0.29, 0.717) is 13.0 Å². The van der Waals surface area contributed by atoms with E-state index in [1.165, 1.54) is 0 Å². The number of rotatable bonds is 6. The van der Waals surface area contributed by atoms with Gasteiger partial charge in [0.15, 0.2) is 0 Å². The molecule has 0 unspecified atom stereocenters. The molecule has 0 bridgehead atoms. The van der Waals surface area contributed by atoms with Gasteiger partial charge in [-0.05, 0) is 39.5 Å². The lowest BCUT2D eigenvalue weighted by Gasteiger charge is -2.42. The van der Waals surface area contributed by atoms with Crippen molar-refractivity contribution in [3.63, 3.8) is 0 Å². The third-order valence-electron chi connectivity index (χ3n) is 3.35. The van der Waals surface area contributed by atoms with Crippen LogP contribution in [0.5, 0.6) is 0 Å². The highest BCUT2D eigenvalue weighted by Crippen LogP contribution is 2.31. The maximum Gasteiger partial charge on any atom is 0.303 e. The highest BCUT2D eigenvalue weighted by atomic mass is 16.4. The van der Waals surface area contributed by atoms with Gasteiger partial charge in [0.25, 0.3) is 0 Å². The van der Waals surface area contributed by atoms with Crippen molar-refractivity contribution >= 4 is 11.9 Å². The molecule has 98 valence electrons. The Kier molecular flexibility index (Phi) is 4.51. The van der Waals surface area contributed by atoms with Crippen molar-refractivity contribution in [2.24, 2.45) is 5.73 Å². The van der Waals surface area contributed by atoms with E-state index in [9.17, 15) is 9.59 Å². The molecule has 1 amide bonds. The molecule has 0 atom stereocenters. The van der Waals surface area contributed by atoms with Crippen LogP contribution in [0.15, 0.2) is 0 Å². The number of carboxylic acids is 1. The fourth-order valence-electron chi connectivity index (χ4n) is 2.05. The van der Waals surface area contributed by atoms with Crippen molar-refractivity contribution in [1.29, 1.82) is 0 Å². The average molecular weight is 242 g/mol. The maximum absolute atomic E-state index is 12.2. The molecule has 17 heavy (non-hydrogen) atoms. The number of hydrogen-bond acceptors (Lipinski definition) is 3. The molecule has 0 saturated heterocycles. The average Bonchev–Trinajstić information content (AvgIpc) is 2.19. The van der Waals surface area contributed by atoms with Crippen LogP contribution >= 0.6 is 0 Å². The Balaban J connectivity index is 2.53. The van der Waals surface area contributed by atoms with Gasteiger partial charge >= 0.3 is 5.97 Å². The Labute approximate surface area is 102 Å². The molecule has 1 rings (SSSR count). The molecular weight excluding hydrogens is 220 g/mol. The first-order valence-corrected chi connectivity index (χ1v) is 6.18. The van der Waals surface area contributed by atoms with Crippen molar-refractivity contribution < 1.29 is 14.7 Å². The van der Waals surface area contributed by atoms with Crippen LogP contribution in [0.1, 0.15) is 46.0 Å². The van der Waals surface area contributed by atoms with Crippen LogP contribution in [-0.4, -0.2) is 40.0 Å². The van der Waals surface area contributed by atoms with E-state index in [1.54, 1.807) is 4.90 Å². The molecule has 0 aromatic carbocycles. The lowest BCUT2D eigenvalue weighted by atomic mass is 9.76. The molecular formula is C12H22N2O3. The highest BCUT2D eigenvalue weighted by molar-refractivity contribution is 5.87. The Morgan fingerprint density at radius 1 is 1.41 bits per heavy atom.